The number of carbonyl (C=O) groups is 3. The van der Waals surface area contributed by atoms with E-state index in [0.29, 0.717) is 40.4 Å². The number of hydrogen-bond acceptors (Lipinski definition) is 7. The number of aliphatic hydroxyl groups is 1. The summed E-state index contributed by atoms with van der Waals surface area (Å²) >= 11 is 0. The maximum absolute atomic E-state index is 13.5. The largest absolute Gasteiger partial charge is 0.507 e. The molecule has 1 N–H and O–H groups in total. The van der Waals surface area contributed by atoms with E-state index in [1.807, 2.05) is 37.3 Å². The molecule has 1 atom stereocenters. The van der Waals surface area contributed by atoms with E-state index in [1.165, 1.54) is 12.0 Å². The number of rotatable bonds is 9. The van der Waals surface area contributed by atoms with Gasteiger partial charge >= 0.3 is 5.97 Å². The topological polar surface area (TPSA) is 102 Å². The lowest BCUT2D eigenvalue weighted by molar-refractivity contribution is -0.140. The third kappa shape index (κ3) is 6.13. The molecular weight excluding hydrogens is 546 g/mol. The number of esters is 1. The standard InChI is InChI=1S/C35H31NO7/c1-22-19-27(15-18-29(22)43-21-24-7-5-4-6-8-24)32(37)30-31(25-13-16-28(41-2)17-14-25)36(34(39)33(30)38)20-23-9-11-26(12-10-23)35(40)42-3/h4-19,31,37H,20-21H2,1-3H3/b32-30-. The molecule has 4 aromatic carbocycles. The molecule has 1 amide bonds. The van der Waals surface area contributed by atoms with Crippen LogP contribution in [0.3, 0.4) is 0 Å². The monoisotopic (exact) mass is 577 g/mol. The number of likely N-dealkylation sites (tertiary alicyclic amines) is 1. The molecule has 8 heteroatoms. The van der Waals surface area contributed by atoms with Crippen molar-refractivity contribution in [2.45, 2.75) is 26.1 Å². The first-order valence-corrected chi connectivity index (χ1v) is 13.7. The molecule has 1 aliphatic heterocycles. The minimum atomic E-state index is -0.861. The number of nitrogens with zero attached hydrogens (tertiary/aromatic N) is 1. The van der Waals surface area contributed by atoms with E-state index >= 15 is 0 Å². The molecular formula is C35H31NO7. The predicted octanol–water partition coefficient (Wildman–Crippen LogP) is 5.99. The fraction of sp³-hybridized carbons (Fsp3) is 0.171. The van der Waals surface area contributed by atoms with Gasteiger partial charge in [0.05, 0.1) is 31.4 Å². The van der Waals surface area contributed by atoms with Gasteiger partial charge in [-0.05, 0) is 71.6 Å². The molecule has 1 fully saturated rings. The van der Waals surface area contributed by atoms with Crippen molar-refractivity contribution < 1.29 is 33.7 Å². The number of aryl methyl sites for hydroxylation is 1. The second-order valence-corrected chi connectivity index (χ2v) is 10.1. The Bertz CT molecular complexity index is 1680. The van der Waals surface area contributed by atoms with Gasteiger partial charge in [0.25, 0.3) is 11.7 Å². The first-order chi connectivity index (χ1) is 20.8. The van der Waals surface area contributed by atoms with Crippen LogP contribution in [0.15, 0.2) is 103 Å². The Hall–Kier alpha value is -5.37. The van der Waals surface area contributed by atoms with E-state index < -0.39 is 23.7 Å². The number of methoxy groups -OCH3 is 2. The van der Waals surface area contributed by atoms with Crippen LogP contribution < -0.4 is 9.47 Å². The van der Waals surface area contributed by atoms with E-state index in [4.69, 9.17) is 14.2 Å². The Morgan fingerprint density at radius 3 is 2.14 bits per heavy atom. The van der Waals surface area contributed by atoms with Gasteiger partial charge in [0, 0.05) is 12.1 Å². The lowest BCUT2D eigenvalue weighted by atomic mass is 9.94. The summed E-state index contributed by atoms with van der Waals surface area (Å²) in [6.07, 6.45) is 0. The number of benzene rings is 4. The highest BCUT2D eigenvalue weighted by atomic mass is 16.5. The lowest BCUT2D eigenvalue weighted by Crippen LogP contribution is -2.29. The van der Waals surface area contributed by atoms with Gasteiger partial charge in [-0.25, -0.2) is 4.79 Å². The van der Waals surface area contributed by atoms with Crippen LogP contribution in [0.5, 0.6) is 11.5 Å². The molecule has 8 nitrogen and oxygen atoms in total. The molecule has 5 rings (SSSR count). The molecule has 43 heavy (non-hydrogen) atoms. The van der Waals surface area contributed by atoms with Crippen molar-refractivity contribution >= 4 is 23.4 Å². The third-order valence-corrected chi connectivity index (χ3v) is 7.38. The molecule has 0 bridgehead atoms. The number of ether oxygens (including phenoxy) is 3. The first-order valence-electron chi connectivity index (χ1n) is 13.7. The molecule has 0 aromatic heterocycles. The molecule has 4 aromatic rings. The van der Waals surface area contributed by atoms with Crippen LogP contribution >= 0.6 is 0 Å². The number of ketones is 1. The molecule has 1 aliphatic rings. The molecule has 1 saturated heterocycles. The molecule has 0 radical (unpaired) electrons. The zero-order valence-corrected chi connectivity index (χ0v) is 24.1. The number of amides is 1. The van der Waals surface area contributed by atoms with Gasteiger partial charge in [-0.15, -0.1) is 0 Å². The lowest BCUT2D eigenvalue weighted by Gasteiger charge is -2.25. The summed E-state index contributed by atoms with van der Waals surface area (Å²) in [5.41, 5.74) is 3.86. The average Bonchev–Trinajstić information content (AvgIpc) is 3.29. The van der Waals surface area contributed by atoms with Gasteiger partial charge in [-0.3, -0.25) is 9.59 Å². The van der Waals surface area contributed by atoms with Crippen molar-refractivity contribution in [3.8, 4) is 11.5 Å². The van der Waals surface area contributed by atoms with Gasteiger partial charge < -0.3 is 24.2 Å². The second kappa shape index (κ2) is 12.7. The molecule has 218 valence electrons. The number of aliphatic hydroxyl groups excluding tert-OH is 1. The molecule has 0 aliphatic carbocycles. The molecule has 0 spiro atoms. The van der Waals surface area contributed by atoms with Gasteiger partial charge in [-0.2, -0.15) is 0 Å². The van der Waals surface area contributed by atoms with E-state index in [1.54, 1.807) is 73.8 Å². The van der Waals surface area contributed by atoms with E-state index in [0.717, 1.165) is 11.1 Å². The molecule has 1 unspecified atom stereocenters. The van der Waals surface area contributed by atoms with Crippen LogP contribution in [0.2, 0.25) is 0 Å². The van der Waals surface area contributed by atoms with Crippen LogP contribution in [0.1, 0.15) is 44.2 Å². The Morgan fingerprint density at radius 2 is 1.51 bits per heavy atom. The van der Waals surface area contributed by atoms with Crippen LogP contribution in [0, 0.1) is 6.92 Å². The number of carbonyl (C=O) groups excluding carboxylic acids is 3. The Kier molecular flexibility index (Phi) is 8.57. The van der Waals surface area contributed by atoms with Crippen molar-refractivity contribution in [1.29, 1.82) is 0 Å². The molecule has 1 heterocycles. The van der Waals surface area contributed by atoms with Gasteiger partial charge in [-0.1, -0.05) is 54.6 Å². The highest BCUT2D eigenvalue weighted by Crippen LogP contribution is 2.41. The smallest absolute Gasteiger partial charge is 0.337 e. The van der Waals surface area contributed by atoms with Crippen molar-refractivity contribution in [3.63, 3.8) is 0 Å². The SMILES string of the molecule is COC(=O)c1ccc(CN2C(=O)C(=O)/C(=C(\O)c3ccc(OCc4ccccc4)c(C)c3)C2c2ccc(OC)cc2)cc1. The predicted molar refractivity (Wildman–Crippen MR) is 161 cm³/mol. The minimum absolute atomic E-state index is 0.0151. The van der Waals surface area contributed by atoms with Crippen molar-refractivity contribution in [1.82, 2.24) is 4.90 Å². The summed E-state index contributed by atoms with van der Waals surface area (Å²) in [5.74, 6) is -1.02. The second-order valence-electron chi connectivity index (χ2n) is 10.1. The maximum Gasteiger partial charge on any atom is 0.337 e. The van der Waals surface area contributed by atoms with Gasteiger partial charge in [0.2, 0.25) is 0 Å². The normalized spacial score (nSPS) is 15.8. The Morgan fingerprint density at radius 1 is 0.837 bits per heavy atom. The summed E-state index contributed by atoms with van der Waals surface area (Å²) in [7, 11) is 2.85. The highest BCUT2D eigenvalue weighted by molar-refractivity contribution is 6.46. The van der Waals surface area contributed by atoms with Crippen LogP contribution in [-0.4, -0.2) is 41.9 Å². The summed E-state index contributed by atoms with van der Waals surface area (Å²) in [6, 6.07) is 27.7. The third-order valence-electron chi connectivity index (χ3n) is 7.38. The van der Waals surface area contributed by atoms with Crippen molar-refractivity contribution in [2.24, 2.45) is 0 Å². The summed E-state index contributed by atoms with van der Waals surface area (Å²) < 4.78 is 16.0. The molecule has 0 saturated carbocycles. The van der Waals surface area contributed by atoms with Crippen molar-refractivity contribution in [3.05, 3.63) is 136 Å². The summed E-state index contributed by atoms with van der Waals surface area (Å²) in [6.45, 7) is 2.32. The van der Waals surface area contributed by atoms with E-state index in [9.17, 15) is 19.5 Å². The minimum Gasteiger partial charge on any atom is -0.507 e. The van der Waals surface area contributed by atoms with Crippen LogP contribution in [0.4, 0.5) is 0 Å². The fourth-order valence-electron chi connectivity index (χ4n) is 5.09. The van der Waals surface area contributed by atoms with Crippen LogP contribution in [-0.2, 0) is 27.5 Å². The van der Waals surface area contributed by atoms with Gasteiger partial charge in [0.1, 0.15) is 23.9 Å². The van der Waals surface area contributed by atoms with E-state index in [-0.39, 0.29) is 17.9 Å². The van der Waals surface area contributed by atoms with E-state index in [2.05, 4.69) is 0 Å². The maximum atomic E-state index is 13.5. The van der Waals surface area contributed by atoms with Crippen LogP contribution in [0.25, 0.3) is 5.76 Å². The van der Waals surface area contributed by atoms with Gasteiger partial charge in [0.15, 0.2) is 0 Å². The Labute approximate surface area is 249 Å². The highest BCUT2D eigenvalue weighted by Gasteiger charge is 2.46. The Balaban J connectivity index is 1.50. The number of Topliss-reactive ketones (excluding diaryl/α,β-unsaturated/α-hetero) is 1. The number of hydrogen-bond donors (Lipinski definition) is 1. The fourth-order valence-corrected chi connectivity index (χ4v) is 5.09. The quantitative estimate of drug-likeness (QED) is 0.113. The average molecular weight is 578 g/mol. The summed E-state index contributed by atoms with van der Waals surface area (Å²) in [5, 5.41) is 11.5. The van der Waals surface area contributed by atoms with Crippen molar-refractivity contribution in [2.75, 3.05) is 14.2 Å². The zero-order valence-electron chi connectivity index (χ0n) is 24.1. The zero-order chi connectivity index (χ0) is 30.5. The summed E-state index contributed by atoms with van der Waals surface area (Å²) in [4.78, 5) is 40.2. The first kappa shape index (κ1) is 29.1.